The van der Waals surface area contributed by atoms with Crippen LogP contribution in [0, 0.1) is 11.2 Å². The first-order valence-electron chi connectivity index (χ1n) is 13.4. The largest absolute Gasteiger partial charge is 0.403 e. The molecule has 2 aromatic carbocycles. The zero-order valence-electron chi connectivity index (χ0n) is 22.9. The molecule has 0 unspecified atom stereocenters. The summed E-state index contributed by atoms with van der Waals surface area (Å²) < 4.78 is 17.5. The van der Waals surface area contributed by atoms with Gasteiger partial charge >= 0.3 is 0 Å². The molecule has 0 atom stereocenters. The summed E-state index contributed by atoms with van der Waals surface area (Å²) >= 11 is 0. The predicted octanol–water partition coefficient (Wildman–Crippen LogP) is 2.70. The van der Waals surface area contributed by atoms with Crippen LogP contribution in [0.3, 0.4) is 0 Å². The first kappa shape index (κ1) is 30.1. The minimum atomic E-state index is -0.296. The maximum Gasteiger partial charge on any atom is 0.251 e. The Bertz CT molecular complexity index is 1080. The zero-order chi connectivity index (χ0) is 28.3. The topological polar surface area (TPSA) is 126 Å². The molecule has 39 heavy (non-hydrogen) atoms. The quantitative estimate of drug-likeness (QED) is 0.300. The van der Waals surface area contributed by atoms with E-state index in [0.717, 1.165) is 38.8 Å². The van der Waals surface area contributed by atoms with Crippen LogP contribution in [0.2, 0.25) is 0 Å². The van der Waals surface area contributed by atoms with Crippen LogP contribution < -0.4 is 27.2 Å². The Labute approximate surface area is 230 Å². The number of benzene rings is 2. The van der Waals surface area contributed by atoms with Gasteiger partial charge in [0.05, 0.1) is 30.9 Å². The third-order valence-electron chi connectivity index (χ3n) is 6.71. The molecule has 0 bridgehead atoms. The standard InChI is InChI=1S/C16H21N5O3.C9H9F.C4H11N/c17-5-6-21(18)13-3-1-12(2-4-13)15(23)19-7-14(22)20-8-16(9-20)10-24-11-16;10-9-5-3-8(4-6-9)7-1-2-7;1-3-4-5-2/h1-6H,7-11,17-18H2,(H,19,23);3-7H,1-2H2;5H,3-4H2,1-2H3/b6-5-;;. The van der Waals surface area contributed by atoms with Crippen LogP contribution in [0.4, 0.5) is 10.1 Å². The van der Waals surface area contributed by atoms with Crippen LogP contribution in [0.25, 0.3) is 0 Å². The number of anilines is 1. The van der Waals surface area contributed by atoms with Crippen molar-refractivity contribution in [3.63, 3.8) is 0 Å². The van der Waals surface area contributed by atoms with E-state index in [4.69, 9.17) is 16.3 Å². The van der Waals surface area contributed by atoms with Crippen molar-refractivity contribution in [1.29, 1.82) is 0 Å². The summed E-state index contributed by atoms with van der Waals surface area (Å²) in [5, 5.41) is 7.00. The van der Waals surface area contributed by atoms with Gasteiger partial charge in [-0.05, 0) is 80.7 Å². The summed E-state index contributed by atoms with van der Waals surface area (Å²) in [7, 11) is 1.96. The van der Waals surface area contributed by atoms with Crippen molar-refractivity contribution in [2.75, 3.05) is 51.4 Å². The van der Waals surface area contributed by atoms with E-state index in [9.17, 15) is 14.0 Å². The highest BCUT2D eigenvalue weighted by atomic mass is 19.1. The molecule has 1 saturated carbocycles. The fraction of sp³-hybridized carbons (Fsp3) is 0.448. The molecule has 10 heteroatoms. The van der Waals surface area contributed by atoms with Crippen LogP contribution >= 0.6 is 0 Å². The molecule has 1 spiro atoms. The first-order chi connectivity index (χ1) is 18.8. The highest BCUT2D eigenvalue weighted by Gasteiger charge is 2.50. The van der Waals surface area contributed by atoms with E-state index >= 15 is 0 Å². The Morgan fingerprint density at radius 1 is 1.13 bits per heavy atom. The number of ether oxygens (including phenoxy) is 1. The average Bonchev–Trinajstić information content (AvgIpc) is 3.73. The van der Waals surface area contributed by atoms with Crippen LogP contribution in [-0.2, 0) is 9.53 Å². The molecule has 212 valence electrons. The number of carbonyl (C=O) groups is 2. The van der Waals surface area contributed by atoms with Crippen molar-refractivity contribution in [2.45, 2.75) is 32.1 Å². The number of hydrogen-bond donors (Lipinski definition) is 4. The zero-order valence-corrected chi connectivity index (χ0v) is 22.9. The van der Waals surface area contributed by atoms with E-state index in [1.807, 2.05) is 19.2 Å². The van der Waals surface area contributed by atoms with Gasteiger partial charge in [0.25, 0.3) is 5.91 Å². The molecule has 5 rings (SSSR count). The lowest BCUT2D eigenvalue weighted by molar-refractivity contribution is -0.194. The lowest BCUT2D eigenvalue weighted by Gasteiger charge is -2.54. The highest BCUT2D eigenvalue weighted by Crippen LogP contribution is 2.39. The summed E-state index contributed by atoms with van der Waals surface area (Å²) in [4.78, 5) is 25.9. The molecule has 0 radical (unpaired) electrons. The third-order valence-corrected chi connectivity index (χ3v) is 6.71. The summed E-state index contributed by atoms with van der Waals surface area (Å²) in [5.74, 6) is 5.97. The number of carbonyl (C=O) groups excluding carboxylic acids is 2. The number of nitrogens with one attached hydrogen (secondary N) is 2. The van der Waals surface area contributed by atoms with Crippen LogP contribution in [0.15, 0.2) is 60.9 Å². The van der Waals surface area contributed by atoms with E-state index in [0.29, 0.717) is 11.3 Å². The number of amides is 2. The number of likely N-dealkylation sites (tertiary alicyclic amines) is 1. The molecular formula is C29H41FN6O3. The Balaban J connectivity index is 0.000000229. The molecule has 2 aromatic rings. The highest BCUT2D eigenvalue weighted by molar-refractivity contribution is 5.96. The van der Waals surface area contributed by atoms with Crippen molar-refractivity contribution in [3.8, 4) is 0 Å². The number of nitrogens with two attached hydrogens (primary N) is 2. The smallest absolute Gasteiger partial charge is 0.251 e. The molecular weight excluding hydrogens is 499 g/mol. The van der Waals surface area contributed by atoms with Gasteiger partial charge in [-0.15, -0.1) is 0 Å². The van der Waals surface area contributed by atoms with Gasteiger partial charge in [-0.3, -0.25) is 14.6 Å². The fourth-order valence-electron chi connectivity index (χ4n) is 4.25. The van der Waals surface area contributed by atoms with E-state index < -0.39 is 0 Å². The fourth-order valence-corrected chi connectivity index (χ4v) is 4.25. The molecule has 3 aliphatic rings. The molecule has 6 N–H and O–H groups in total. The second-order valence-electron chi connectivity index (χ2n) is 10.2. The van der Waals surface area contributed by atoms with Crippen molar-refractivity contribution in [2.24, 2.45) is 17.0 Å². The Morgan fingerprint density at radius 2 is 1.77 bits per heavy atom. The molecule has 2 saturated heterocycles. The average molecular weight is 541 g/mol. The van der Waals surface area contributed by atoms with Gasteiger partial charge in [0.2, 0.25) is 5.91 Å². The summed E-state index contributed by atoms with van der Waals surface area (Å²) in [6, 6.07) is 13.5. The van der Waals surface area contributed by atoms with E-state index in [1.54, 1.807) is 29.2 Å². The minimum Gasteiger partial charge on any atom is -0.403 e. The maximum absolute atomic E-state index is 12.4. The number of rotatable bonds is 8. The Hall–Kier alpha value is -3.47. The lowest BCUT2D eigenvalue weighted by atomic mass is 9.78. The summed E-state index contributed by atoms with van der Waals surface area (Å²) in [6.45, 7) is 6.18. The number of nitrogens with zero attached hydrogens (tertiary/aromatic N) is 2. The van der Waals surface area contributed by atoms with Gasteiger partial charge in [0, 0.05) is 31.1 Å². The number of hydrazine groups is 1. The van der Waals surface area contributed by atoms with Crippen LogP contribution in [0.1, 0.15) is 48.0 Å². The van der Waals surface area contributed by atoms with Crippen LogP contribution in [-0.4, -0.2) is 63.2 Å². The monoisotopic (exact) mass is 540 g/mol. The molecule has 2 amide bonds. The molecule has 0 aromatic heterocycles. The van der Waals surface area contributed by atoms with Crippen molar-refractivity contribution < 1.29 is 18.7 Å². The maximum atomic E-state index is 12.4. The molecule has 9 nitrogen and oxygen atoms in total. The van der Waals surface area contributed by atoms with Gasteiger partial charge in [0.1, 0.15) is 5.82 Å². The molecule has 2 aliphatic heterocycles. The molecule has 2 heterocycles. The Morgan fingerprint density at radius 3 is 2.23 bits per heavy atom. The third kappa shape index (κ3) is 9.05. The minimum absolute atomic E-state index is 0.00352. The first-order valence-corrected chi connectivity index (χ1v) is 13.4. The Kier molecular flexibility index (Phi) is 11.3. The van der Waals surface area contributed by atoms with Crippen molar-refractivity contribution in [3.05, 3.63) is 77.9 Å². The number of halogens is 1. The van der Waals surface area contributed by atoms with E-state index in [-0.39, 0.29) is 29.6 Å². The normalized spacial score (nSPS) is 16.7. The van der Waals surface area contributed by atoms with E-state index in [1.165, 1.54) is 54.4 Å². The SMILES string of the molecule is CCCNC.Fc1ccc(C2CC2)cc1.N/C=C\N(N)c1ccc(C(=O)NCC(=O)N2CC3(COC3)C2)cc1. The lowest BCUT2D eigenvalue weighted by Crippen LogP contribution is -2.68. The number of hydrogen-bond acceptors (Lipinski definition) is 7. The predicted molar refractivity (Wildman–Crippen MR) is 151 cm³/mol. The molecule has 3 fully saturated rings. The second kappa shape index (κ2) is 14.6. The van der Waals surface area contributed by atoms with Crippen molar-refractivity contribution in [1.82, 2.24) is 15.5 Å². The summed E-state index contributed by atoms with van der Waals surface area (Å²) in [5.41, 5.74) is 7.90. The summed E-state index contributed by atoms with van der Waals surface area (Å²) in [6.07, 6.45) is 6.62. The van der Waals surface area contributed by atoms with Gasteiger partial charge in [0.15, 0.2) is 0 Å². The van der Waals surface area contributed by atoms with Gasteiger partial charge in [-0.1, -0.05) is 19.1 Å². The van der Waals surface area contributed by atoms with Gasteiger partial charge < -0.3 is 26.0 Å². The molecule has 1 aliphatic carbocycles. The van der Waals surface area contributed by atoms with Gasteiger partial charge in [-0.2, -0.15) is 0 Å². The van der Waals surface area contributed by atoms with Gasteiger partial charge in [-0.25, -0.2) is 10.2 Å². The van der Waals surface area contributed by atoms with Crippen molar-refractivity contribution >= 4 is 17.5 Å². The van der Waals surface area contributed by atoms with Crippen LogP contribution in [0.5, 0.6) is 0 Å². The second-order valence-corrected chi connectivity index (χ2v) is 10.2. The van der Waals surface area contributed by atoms with E-state index in [2.05, 4.69) is 17.6 Å².